The number of hydrogen-bond donors (Lipinski definition) is 2. The Labute approximate surface area is 117 Å². The van der Waals surface area contributed by atoms with Gasteiger partial charge in [0, 0.05) is 31.6 Å². The molecule has 0 aromatic heterocycles. The molecule has 1 saturated carbocycles. The third-order valence-electron chi connectivity index (χ3n) is 6.48. The van der Waals surface area contributed by atoms with E-state index in [9.17, 15) is 0 Å². The topological polar surface area (TPSA) is 8.88 Å². The molecule has 2 saturated heterocycles. The van der Waals surface area contributed by atoms with Crippen LogP contribution in [0.4, 0.5) is 0 Å². The second-order valence-electron chi connectivity index (χ2n) is 7.63. The Hall–Kier alpha value is -0.340. The van der Waals surface area contributed by atoms with Crippen LogP contribution in [0.15, 0.2) is 12.2 Å². The fraction of sp³-hybridized carbons (Fsp3) is 0.882. The first kappa shape index (κ1) is 12.4. The molecule has 2 bridgehead atoms. The van der Waals surface area contributed by atoms with Crippen LogP contribution >= 0.6 is 0 Å². The Bertz CT molecular complexity index is 337. The van der Waals surface area contributed by atoms with Gasteiger partial charge in [-0.05, 0) is 24.7 Å². The Kier molecular flexibility index (Phi) is 3.40. The van der Waals surface area contributed by atoms with Gasteiger partial charge in [0.25, 0.3) is 0 Å². The van der Waals surface area contributed by atoms with Gasteiger partial charge in [-0.15, -0.1) is 0 Å². The minimum Gasteiger partial charge on any atom is -0.334 e. The number of hydrogen-bond acceptors (Lipinski definition) is 0. The van der Waals surface area contributed by atoms with E-state index in [2.05, 4.69) is 12.2 Å². The summed E-state index contributed by atoms with van der Waals surface area (Å²) in [5.74, 6) is 2.95. The summed E-state index contributed by atoms with van der Waals surface area (Å²) in [4.78, 5) is 3.88. The first-order valence-corrected chi connectivity index (χ1v) is 8.75. The van der Waals surface area contributed by atoms with Crippen LogP contribution in [0.3, 0.4) is 0 Å². The number of fused-ring (bicyclic) bond motifs is 2. The smallest absolute Gasteiger partial charge is 0.0983 e. The van der Waals surface area contributed by atoms with Crippen LogP contribution in [-0.4, -0.2) is 38.8 Å². The molecule has 4 aliphatic rings. The van der Waals surface area contributed by atoms with Crippen LogP contribution < -0.4 is 9.80 Å². The SMILES string of the molecule is C1=C[C@H]2C[C@@H]1C[C@H]2C[NH+]1CCC([NH+]2CCCC2)CC1. The van der Waals surface area contributed by atoms with Crippen LogP contribution in [0.5, 0.6) is 0 Å². The molecule has 3 fully saturated rings. The standard InChI is InChI=1S/C17H28N2/c1-2-8-19(7-1)17-5-9-18(10-6-17)13-16-12-14-3-4-15(16)11-14/h3-4,14-17H,1-2,5-13H2/p+2/t14-,15+,16+/m1/s1. The van der Waals surface area contributed by atoms with Crippen molar-refractivity contribution in [2.45, 2.75) is 44.6 Å². The third-order valence-corrected chi connectivity index (χ3v) is 6.48. The Morgan fingerprint density at radius 3 is 2.32 bits per heavy atom. The van der Waals surface area contributed by atoms with Gasteiger partial charge in [-0.1, -0.05) is 12.2 Å². The minimum absolute atomic E-state index is 0.958. The predicted octanol–water partition coefficient (Wildman–Crippen LogP) is -0.0754. The lowest BCUT2D eigenvalue weighted by molar-refractivity contribution is -0.952. The van der Waals surface area contributed by atoms with E-state index >= 15 is 0 Å². The molecule has 2 heterocycles. The Morgan fingerprint density at radius 2 is 1.68 bits per heavy atom. The maximum absolute atomic E-state index is 2.53. The van der Waals surface area contributed by atoms with Crippen LogP contribution in [0, 0.1) is 17.8 Å². The van der Waals surface area contributed by atoms with Gasteiger partial charge in [-0.3, -0.25) is 0 Å². The van der Waals surface area contributed by atoms with Crippen LogP contribution in [0.2, 0.25) is 0 Å². The first-order chi connectivity index (χ1) is 9.38. The van der Waals surface area contributed by atoms with E-state index in [1.165, 1.54) is 71.2 Å². The summed E-state index contributed by atoms with van der Waals surface area (Å²) in [6, 6.07) is 1.02. The summed E-state index contributed by atoms with van der Waals surface area (Å²) < 4.78 is 0. The molecule has 106 valence electrons. The lowest BCUT2D eigenvalue weighted by atomic mass is 9.92. The largest absolute Gasteiger partial charge is 0.334 e. The molecule has 2 nitrogen and oxygen atoms in total. The highest BCUT2D eigenvalue weighted by Crippen LogP contribution is 2.42. The van der Waals surface area contributed by atoms with Crippen molar-refractivity contribution in [2.24, 2.45) is 17.8 Å². The number of allylic oxidation sites excluding steroid dienone is 2. The number of rotatable bonds is 3. The maximum Gasteiger partial charge on any atom is 0.0983 e. The van der Waals surface area contributed by atoms with Gasteiger partial charge in [0.15, 0.2) is 0 Å². The Morgan fingerprint density at radius 1 is 0.895 bits per heavy atom. The van der Waals surface area contributed by atoms with E-state index in [1.807, 2.05) is 9.80 Å². The molecule has 0 aromatic carbocycles. The number of nitrogens with one attached hydrogen (secondary N) is 2. The van der Waals surface area contributed by atoms with Gasteiger partial charge in [0.05, 0.1) is 38.8 Å². The summed E-state index contributed by atoms with van der Waals surface area (Å²) in [5, 5.41) is 0. The van der Waals surface area contributed by atoms with E-state index in [0.29, 0.717) is 0 Å². The fourth-order valence-electron chi connectivity index (χ4n) is 5.38. The molecular formula is C17H30N2+2. The lowest BCUT2D eigenvalue weighted by Crippen LogP contribution is -3.20. The minimum atomic E-state index is 0.958. The van der Waals surface area contributed by atoms with Gasteiger partial charge in [0.1, 0.15) is 0 Å². The molecule has 0 radical (unpaired) electrons. The highest BCUT2D eigenvalue weighted by Gasteiger charge is 2.39. The van der Waals surface area contributed by atoms with Gasteiger partial charge < -0.3 is 9.80 Å². The van der Waals surface area contributed by atoms with Crippen molar-refractivity contribution in [3.8, 4) is 0 Å². The molecule has 0 spiro atoms. The average molecular weight is 262 g/mol. The van der Waals surface area contributed by atoms with E-state index < -0.39 is 0 Å². The van der Waals surface area contributed by atoms with Crippen molar-refractivity contribution >= 4 is 0 Å². The molecule has 4 rings (SSSR count). The van der Waals surface area contributed by atoms with E-state index in [1.54, 1.807) is 0 Å². The number of likely N-dealkylation sites (tertiary alicyclic amines) is 2. The van der Waals surface area contributed by atoms with Crippen molar-refractivity contribution in [3.05, 3.63) is 12.2 Å². The molecular weight excluding hydrogens is 232 g/mol. The van der Waals surface area contributed by atoms with Gasteiger partial charge in [0.2, 0.25) is 0 Å². The van der Waals surface area contributed by atoms with Crippen molar-refractivity contribution in [1.82, 2.24) is 0 Å². The maximum atomic E-state index is 2.53. The third kappa shape index (κ3) is 2.50. The zero-order valence-electron chi connectivity index (χ0n) is 12.2. The Balaban J connectivity index is 1.25. The molecule has 2 aliphatic carbocycles. The van der Waals surface area contributed by atoms with E-state index in [-0.39, 0.29) is 0 Å². The molecule has 3 atom stereocenters. The molecule has 0 aromatic rings. The number of piperidine rings is 1. The highest BCUT2D eigenvalue weighted by atomic mass is 15.2. The quantitative estimate of drug-likeness (QED) is 0.659. The summed E-state index contributed by atoms with van der Waals surface area (Å²) in [5.41, 5.74) is 0. The molecule has 2 aliphatic heterocycles. The van der Waals surface area contributed by atoms with E-state index in [0.717, 1.165) is 23.8 Å². The predicted molar refractivity (Wildman–Crippen MR) is 77.4 cm³/mol. The average Bonchev–Trinajstić information content (AvgIpc) is 3.17. The molecule has 2 heteroatoms. The van der Waals surface area contributed by atoms with Crippen LogP contribution in [0.1, 0.15) is 38.5 Å². The van der Waals surface area contributed by atoms with Gasteiger partial charge >= 0.3 is 0 Å². The first-order valence-electron chi connectivity index (χ1n) is 8.75. The lowest BCUT2D eigenvalue weighted by Gasteiger charge is -2.34. The highest BCUT2D eigenvalue weighted by molar-refractivity contribution is 5.09. The summed E-state index contributed by atoms with van der Waals surface area (Å²) >= 11 is 0. The zero-order valence-corrected chi connectivity index (χ0v) is 12.2. The monoisotopic (exact) mass is 262 g/mol. The van der Waals surface area contributed by atoms with Crippen molar-refractivity contribution in [1.29, 1.82) is 0 Å². The number of quaternary nitrogens is 2. The zero-order chi connectivity index (χ0) is 12.7. The van der Waals surface area contributed by atoms with Gasteiger partial charge in [-0.25, -0.2) is 0 Å². The fourth-order valence-corrected chi connectivity index (χ4v) is 5.38. The molecule has 19 heavy (non-hydrogen) atoms. The molecule has 0 amide bonds. The van der Waals surface area contributed by atoms with Crippen molar-refractivity contribution in [3.63, 3.8) is 0 Å². The summed E-state index contributed by atoms with van der Waals surface area (Å²) in [6.07, 6.45) is 14.0. The normalized spacial score (nSPS) is 46.2. The van der Waals surface area contributed by atoms with Gasteiger partial charge in [-0.2, -0.15) is 0 Å². The second-order valence-corrected chi connectivity index (χ2v) is 7.63. The molecule has 2 N–H and O–H groups in total. The van der Waals surface area contributed by atoms with Crippen LogP contribution in [0.25, 0.3) is 0 Å². The van der Waals surface area contributed by atoms with Crippen molar-refractivity contribution < 1.29 is 9.80 Å². The summed E-state index contributed by atoms with van der Waals surface area (Å²) in [6.45, 7) is 7.35. The molecule has 0 unspecified atom stereocenters. The second kappa shape index (κ2) is 5.21. The summed E-state index contributed by atoms with van der Waals surface area (Å²) in [7, 11) is 0. The van der Waals surface area contributed by atoms with E-state index in [4.69, 9.17) is 0 Å². The van der Waals surface area contributed by atoms with Crippen LogP contribution in [-0.2, 0) is 0 Å². The van der Waals surface area contributed by atoms with Crippen molar-refractivity contribution in [2.75, 3.05) is 32.7 Å².